The van der Waals surface area contributed by atoms with Crippen LogP contribution in [0.1, 0.15) is 30.5 Å². The molecule has 3 N–H and O–H groups in total. The van der Waals surface area contributed by atoms with Crippen molar-refractivity contribution in [2.24, 2.45) is 10.7 Å². The van der Waals surface area contributed by atoms with E-state index >= 15 is 0 Å². The molecule has 0 spiro atoms. The number of rotatable bonds is 9. The highest BCUT2D eigenvalue weighted by atomic mass is 16.5. The largest absolute Gasteiger partial charge is 0.491 e. The molecule has 30 heavy (non-hydrogen) atoms. The minimum Gasteiger partial charge on any atom is -0.491 e. The molecule has 0 saturated carbocycles. The minimum atomic E-state index is 0.148. The Kier molecular flexibility index (Phi) is 7.86. The van der Waals surface area contributed by atoms with Crippen LogP contribution < -0.4 is 15.8 Å². The van der Waals surface area contributed by atoms with Crippen LogP contribution in [0.25, 0.3) is 0 Å². The summed E-state index contributed by atoms with van der Waals surface area (Å²) in [5.41, 5.74) is 10.3. The predicted octanol–water partition coefficient (Wildman–Crippen LogP) is 5.12. The molecule has 0 bridgehead atoms. The van der Waals surface area contributed by atoms with Crippen LogP contribution in [-0.2, 0) is 24.5 Å². The van der Waals surface area contributed by atoms with Crippen molar-refractivity contribution in [2.45, 2.75) is 39.7 Å². The number of hydrogen-bond donors (Lipinski definition) is 2. The van der Waals surface area contributed by atoms with Gasteiger partial charge in [-0.25, -0.2) is 4.99 Å². The number of benzene rings is 3. The Morgan fingerprint density at radius 2 is 1.53 bits per heavy atom. The van der Waals surface area contributed by atoms with Gasteiger partial charge in [0.15, 0.2) is 5.96 Å². The number of hydrogen-bond acceptors (Lipinski definition) is 3. The summed E-state index contributed by atoms with van der Waals surface area (Å²) in [4.78, 5) is 4.44. The summed E-state index contributed by atoms with van der Waals surface area (Å²) in [5.74, 6) is 1.20. The Morgan fingerprint density at radius 1 is 0.867 bits per heavy atom. The summed E-state index contributed by atoms with van der Waals surface area (Å²) in [6.45, 7) is 5.66. The van der Waals surface area contributed by atoms with Gasteiger partial charge in [0, 0.05) is 5.69 Å². The Morgan fingerprint density at radius 3 is 2.27 bits per heavy atom. The lowest BCUT2D eigenvalue weighted by atomic mass is 10.1. The summed E-state index contributed by atoms with van der Waals surface area (Å²) in [6, 6.07) is 26.0. The Hall–Kier alpha value is -3.31. The second kappa shape index (κ2) is 11.0. The average Bonchev–Trinajstić information content (AvgIpc) is 2.74. The standard InChI is InChI=1S/C25H29N3O2/c1-19(2)30-24-13-11-23(12-14-24)28-25(26)27-16-21-9-6-10-22(15-21)18-29-17-20-7-4-3-5-8-20/h3-15,19H,16-18H2,1-2H3,(H3,26,27,28). The van der Waals surface area contributed by atoms with Crippen LogP contribution in [0.2, 0.25) is 0 Å². The second-order valence-electron chi connectivity index (χ2n) is 7.32. The number of ether oxygens (including phenoxy) is 2. The fourth-order valence-corrected chi connectivity index (χ4v) is 2.93. The number of guanidine groups is 1. The zero-order valence-corrected chi connectivity index (χ0v) is 17.5. The maximum Gasteiger partial charge on any atom is 0.193 e. The highest BCUT2D eigenvalue weighted by Crippen LogP contribution is 2.17. The fourth-order valence-electron chi connectivity index (χ4n) is 2.93. The Bertz CT molecular complexity index is 938. The molecule has 156 valence electrons. The van der Waals surface area contributed by atoms with Crippen LogP contribution in [0, 0.1) is 0 Å². The van der Waals surface area contributed by atoms with Crippen molar-refractivity contribution >= 4 is 11.6 Å². The molecular formula is C25H29N3O2. The average molecular weight is 404 g/mol. The number of nitrogens with zero attached hydrogens (tertiary/aromatic N) is 1. The summed E-state index contributed by atoms with van der Waals surface area (Å²) in [5, 5.41) is 3.11. The number of nitrogens with two attached hydrogens (primary N) is 1. The quantitative estimate of drug-likeness (QED) is 0.384. The normalized spacial score (nSPS) is 11.5. The Labute approximate surface area is 178 Å². The topological polar surface area (TPSA) is 68.9 Å². The van der Waals surface area contributed by atoms with Crippen molar-refractivity contribution in [3.05, 3.63) is 95.6 Å². The molecule has 5 nitrogen and oxygen atoms in total. The van der Waals surface area contributed by atoms with Gasteiger partial charge in [-0.3, -0.25) is 0 Å². The first-order valence-electron chi connectivity index (χ1n) is 10.1. The van der Waals surface area contributed by atoms with Gasteiger partial charge in [-0.15, -0.1) is 0 Å². The number of nitrogens with one attached hydrogen (secondary N) is 1. The van der Waals surface area contributed by atoms with Crippen LogP contribution in [0.5, 0.6) is 5.75 Å². The van der Waals surface area contributed by atoms with E-state index in [1.807, 2.05) is 68.4 Å². The first-order valence-corrected chi connectivity index (χ1v) is 10.1. The zero-order valence-electron chi connectivity index (χ0n) is 17.5. The van der Waals surface area contributed by atoms with Crippen molar-refractivity contribution in [3.8, 4) is 5.75 Å². The van der Waals surface area contributed by atoms with Crippen LogP contribution in [0.3, 0.4) is 0 Å². The van der Waals surface area contributed by atoms with Crippen LogP contribution in [-0.4, -0.2) is 12.1 Å². The summed E-state index contributed by atoms with van der Waals surface area (Å²) in [6.07, 6.45) is 0.148. The SMILES string of the molecule is CC(C)Oc1ccc(NC(N)=NCc2cccc(COCc3ccccc3)c2)cc1. The van der Waals surface area contributed by atoms with Gasteiger partial charge in [0.2, 0.25) is 0 Å². The monoisotopic (exact) mass is 403 g/mol. The molecule has 3 rings (SSSR count). The lowest BCUT2D eigenvalue weighted by Gasteiger charge is -2.11. The van der Waals surface area contributed by atoms with E-state index in [1.54, 1.807) is 0 Å². The molecule has 3 aromatic carbocycles. The van der Waals surface area contributed by atoms with Gasteiger partial charge in [0.25, 0.3) is 0 Å². The van der Waals surface area contributed by atoms with Crippen molar-refractivity contribution < 1.29 is 9.47 Å². The van der Waals surface area contributed by atoms with E-state index in [9.17, 15) is 0 Å². The molecule has 0 saturated heterocycles. The van der Waals surface area contributed by atoms with E-state index in [1.165, 1.54) is 5.56 Å². The summed E-state index contributed by atoms with van der Waals surface area (Å²) < 4.78 is 11.5. The molecule has 0 aliphatic heterocycles. The van der Waals surface area contributed by atoms with Gasteiger partial charge in [-0.05, 0) is 54.8 Å². The van der Waals surface area contributed by atoms with Crippen LogP contribution in [0.15, 0.2) is 83.9 Å². The van der Waals surface area contributed by atoms with Gasteiger partial charge < -0.3 is 20.5 Å². The third kappa shape index (κ3) is 7.26. The highest BCUT2D eigenvalue weighted by molar-refractivity contribution is 5.92. The maximum atomic E-state index is 6.04. The van der Waals surface area contributed by atoms with Crippen LogP contribution in [0.4, 0.5) is 5.69 Å². The van der Waals surface area contributed by atoms with E-state index in [2.05, 4.69) is 34.6 Å². The molecule has 0 heterocycles. The summed E-state index contributed by atoms with van der Waals surface area (Å²) >= 11 is 0. The molecule has 0 unspecified atom stereocenters. The van der Waals surface area contributed by atoms with E-state index in [0.29, 0.717) is 25.7 Å². The highest BCUT2D eigenvalue weighted by Gasteiger charge is 2.01. The molecule has 0 aliphatic rings. The van der Waals surface area contributed by atoms with E-state index in [4.69, 9.17) is 15.2 Å². The number of anilines is 1. The van der Waals surface area contributed by atoms with Gasteiger partial charge >= 0.3 is 0 Å². The van der Waals surface area contributed by atoms with E-state index in [0.717, 1.165) is 22.6 Å². The smallest absolute Gasteiger partial charge is 0.193 e. The molecule has 0 radical (unpaired) electrons. The predicted molar refractivity (Wildman–Crippen MR) is 123 cm³/mol. The van der Waals surface area contributed by atoms with E-state index < -0.39 is 0 Å². The zero-order chi connectivity index (χ0) is 21.2. The lowest BCUT2D eigenvalue weighted by Crippen LogP contribution is -2.22. The lowest BCUT2D eigenvalue weighted by molar-refractivity contribution is 0.107. The molecular weight excluding hydrogens is 374 g/mol. The van der Waals surface area contributed by atoms with Gasteiger partial charge in [0.05, 0.1) is 25.9 Å². The van der Waals surface area contributed by atoms with Crippen molar-refractivity contribution in [1.29, 1.82) is 0 Å². The Balaban J connectivity index is 1.49. The summed E-state index contributed by atoms with van der Waals surface area (Å²) in [7, 11) is 0. The molecule has 0 atom stereocenters. The third-order valence-corrected chi connectivity index (χ3v) is 4.30. The first kappa shape index (κ1) is 21.4. The van der Waals surface area contributed by atoms with Crippen LogP contribution >= 0.6 is 0 Å². The van der Waals surface area contributed by atoms with Crippen molar-refractivity contribution in [2.75, 3.05) is 5.32 Å². The fraction of sp³-hybridized carbons (Fsp3) is 0.240. The number of aliphatic imine (C=N–C) groups is 1. The molecule has 3 aromatic rings. The third-order valence-electron chi connectivity index (χ3n) is 4.30. The molecule has 0 aromatic heterocycles. The minimum absolute atomic E-state index is 0.148. The molecule has 5 heteroatoms. The van der Waals surface area contributed by atoms with Crippen molar-refractivity contribution in [1.82, 2.24) is 0 Å². The first-order chi connectivity index (χ1) is 14.6. The van der Waals surface area contributed by atoms with Crippen molar-refractivity contribution in [3.63, 3.8) is 0 Å². The molecule has 0 amide bonds. The second-order valence-corrected chi connectivity index (χ2v) is 7.32. The molecule has 0 fully saturated rings. The van der Waals surface area contributed by atoms with Gasteiger partial charge in [0.1, 0.15) is 5.75 Å². The van der Waals surface area contributed by atoms with Gasteiger partial charge in [-0.2, -0.15) is 0 Å². The van der Waals surface area contributed by atoms with E-state index in [-0.39, 0.29) is 6.10 Å². The van der Waals surface area contributed by atoms with Gasteiger partial charge in [-0.1, -0.05) is 54.6 Å². The molecule has 0 aliphatic carbocycles. The maximum absolute atomic E-state index is 6.04.